The average Bonchev–Trinajstić information content (AvgIpc) is 2.14. The molecule has 0 spiro atoms. The summed E-state index contributed by atoms with van der Waals surface area (Å²) in [7, 11) is 0. The van der Waals surface area contributed by atoms with E-state index in [1.807, 2.05) is 0 Å². The van der Waals surface area contributed by atoms with Gasteiger partial charge in [-0.3, -0.25) is 0 Å². The van der Waals surface area contributed by atoms with Crippen LogP contribution >= 0.6 is 0 Å². The lowest BCUT2D eigenvalue weighted by atomic mass is 9.77. The summed E-state index contributed by atoms with van der Waals surface area (Å²) in [6.07, 6.45) is 9.59. The molecule has 0 atom stereocenters. The van der Waals surface area contributed by atoms with Crippen LogP contribution in [0.2, 0.25) is 0 Å². The van der Waals surface area contributed by atoms with Crippen LogP contribution < -0.4 is 0 Å². The fraction of sp³-hybridized carbons (Fsp3) is 1.00. The third-order valence-corrected chi connectivity index (χ3v) is 4.44. The van der Waals surface area contributed by atoms with Crippen molar-refractivity contribution in [3.05, 3.63) is 0 Å². The largest absolute Gasteiger partial charge is 0.0649 e. The molecule has 0 unspecified atom stereocenters. The first-order chi connectivity index (χ1) is 7.97. The highest BCUT2D eigenvalue weighted by atomic mass is 14.3. The molecule has 0 heterocycles. The fourth-order valence-electron chi connectivity index (χ4n) is 2.44. The molecule has 18 heavy (non-hydrogen) atoms. The van der Waals surface area contributed by atoms with E-state index in [2.05, 4.69) is 55.4 Å². The molecular formula is C18H38. The maximum absolute atomic E-state index is 2.45. The lowest BCUT2D eigenvalue weighted by molar-refractivity contribution is 0.233. The summed E-state index contributed by atoms with van der Waals surface area (Å²) in [5.74, 6) is 0. The van der Waals surface area contributed by atoms with Gasteiger partial charge in [-0.15, -0.1) is 0 Å². The van der Waals surface area contributed by atoms with Crippen molar-refractivity contribution < 1.29 is 0 Å². The second kappa shape index (κ2) is 6.96. The van der Waals surface area contributed by atoms with Gasteiger partial charge in [0.25, 0.3) is 0 Å². The van der Waals surface area contributed by atoms with Gasteiger partial charge in [0.15, 0.2) is 0 Å². The Labute approximate surface area is 117 Å². The van der Waals surface area contributed by atoms with Gasteiger partial charge in [0, 0.05) is 0 Å². The van der Waals surface area contributed by atoms with Crippen LogP contribution in [0.25, 0.3) is 0 Å². The molecule has 0 rings (SSSR count). The Morgan fingerprint density at radius 2 is 0.944 bits per heavy atom. The van der Waals surface area contributed by atoms with E-state index in [4.69, 9.17) is 0 Å². The van der Waals surface area contributed by atoms with Gasteiger partial charge in [0.2, 0.25) is 0 Å². The third kappa shape index (κ3) is 9.97. The summed E-state index contributed by atoms with van der Waals surface area (Å²) in [6, 6.07) is 0. The normalized spacial score (nSPS) is 14.0. The van der Waals surface area contributed by atoms with Gasteiger partial charge >= 0.3 is 0 Å². The molecule has 0 heteroatoms. The van der Waals surface area contributed by atoms with E-state index in [9.17, 15) is 0 Å². The summed E-state index contributed by atoms with van der Waals surface area (Å²) >= 11 is 0. The van der Waals surface area contributed by atoms with Crippen LogP contribution in [0, 0.1) is 16.2 Å². The lowest BCUT2D eigenvalue weighted by Crippen LogP contribution is -2.16. The molecule has 0 aromatic rings. The topological polar surface area (TPSA) is 0 Å². The van der Waals surface area contributed by atoms with Crippen LogP contribution in [0.3, 0.4) is 0 Å². The molecule has 0 radical (unpaired) electrons. The molecule has 0 N–H and O–H groups in total. The Balaban J connectivity index is 3.87. The number of rotatable bonds is 8. The molecule has 0 aliphatic rings. The summed E-state index contributed by atoms with van der Waals surface area (Å²) in [5.41, 5.74) is 1.58. The van der Waals surface area contributed by atoms with Crippen molar-refractivity contribution in [3.8, 4) is 0 Å². The maximum Gasteiger partial charge on any atom is -0.0354 e. The summed E-state index contributed by atoms with van der Waals surface area (Å²) in [5, 5.41) is 0. The number of hydrogen-bond donors (Lipinski definition) is 0. The highest BCUT2D eigenvalue weighted by molar-refractivity contribution is 4.73. The van der Waals surface area contributed by atoms with Gasteiger partial charge in [-0.2, -0.15) is 0 Å². The Kier molecular flexibility index (Phi) is 6.96. The van der Waals surface area contributed by atoms with E-state index in [1.54, 1.807) is 0 Å². The predicted octanol–water partition coefficient (Wildman–Crippen LogP) is 6.84. The molecule has 0 saturated heterocycles. The van der Waals surface area contributed by atoms with Gasteiger partial charge in [-0.05, 0) is 41.9 Å². The monoisotopic (exact) mass is 254 g/mol. The maximum atomic E-state index is 2.45. The molecule has 110 valence electrons. The predicted molar refractivity (Wildman–Crippen MR) is 85.0 cm³/mol. The van der Waals surface area contributed by atoms with Crippen LogP contribution in [-0.4, -0.2) is 0 Å². The summed E-state index contributed by atoms with van der Waals surface area (Å²) < 4.78 is 0. The van der Waals surface area contributed by atoms with Crippen LogP contribution in [0.15, 0.2) is 0 Å². The van der Waals surface area contributed by atoms with Gasteiger partial charge in [-0.25, -0.2) is 0 Å². The van der Waals surface area contributed by atoms with Crippen molar-refractivity contribution in [1.29, 1.82) is 0 Å². The highest BCUT2D eigenvalue weighted by Crippen LogP contribution is 2.35. The fourth-order valence-corrected chi connectivity index (χ4v) is 2.44. The SMILES string of the molecule is CCC(C)(C)CCCC(C)(C)CCCC(C)(C)C. The second-order valence-corrected chi connectivity index (χ2v) is 8.95. The van der Waals surface area contributed by atoms with E-state index in [0.717, 1.165) is 0 Å². The zero-order chi connectivity index (χ0) is 14.4. The minimum Gasteiger partial charge on any atom is -0.0649 e. The first-order valence-corrected chi connectivity index (χ1v) is 7.97. The van der Waals surface area contributed by atoms with Crippen molar-refractivity contribution in [1.82, 2.24) is 0 Å². The van der Waals surface area contributed by atoms with Gasteiger partial charge in [-0.1, -0.05) is 74.7 Å². The molecule has 0 aliphatic heterocycles. The molecule has 0 bridgehead atoms. The molecule has 0 amide bonds. The Morgan fingerprint density at radius 1 is 0.556 bits per heavy atom. The molecule has 0 aromatic carbocycles. The Morgan fingerprint density at radius 3 is 1.33 bits per heavy atom. The van der Waals surface area contributed by atoms with Gasteiger partial charge in [0.1, 0.15) is 0 Å². The smallest absolute Gasteiger partial charge is 0.0354 e. The van der Waals surface area contributed by atoms with E-state index in [1.165, 1.54) is 44.9 Å². The van der Waals surface area contributed by atoms with Gasteiger partial charge < -0.3 is 0 Å². The average molecular weight is 255 g/mol. The van der Waals surface area contributed by atoms with Crippen molar-refractivity contribution in [2.75, 3.05) is 0 Å². The first kappa shape index (κ1) is 18.0. The van der Waals surface area contributed by atoms with Crippen molar-refractivity contribution in [2.24, 2.45) is 16.2 Å². The van der Waals surface area contributed by atoms with Crippen LogP contribution in [0.4, 0.5) is 0 Å². The standard InChI is InChI=1S/C18H38/c1-9-17(5,6)13-11-15-18(7,8)14-10-12-16(2,3)4/h9-15H2,1-8H3. The third-order valence-electron chi connectivity index (χ3n) is 4.44. The Hall–Kier alpha value is 0. The van der Waals surface area contributed by atoms with E-state index in [-0.39, 0.29) is 0 Å². The Bertz CT molecular complexity index is 215. The van der Waals surface area contributed by atoms with Crippen molar-refractivity contribution in [2.45, 2.75) is 100 Å². The van der Waals surface area contributed by atoms with Gasteiger partial charge in [0.05, 0.1) is 0 Å². The molecule has 0 saturated carbocycles. The zero-order valence-electron chi connectivity index (χ0n) is 14.4. The zero-order valence-corrected chi connectivity index (χ0v) is 14.4. The number of hydrogen-bond acceptors (Lipinski definition) is 0. The van der Waals surface area contributed by atoms with Crippen molar-refractivity contribution in [3.63, 3.8) is 0 Å². The molecule has 0 fully saturated rings. The van der Waals surface area contributed by atoms with Crippen molar-refractivity contribution >= 4 is 0 Å². The van der Waals surface area contributed by atoms with E-state index in [0.29, 0.717) is 16.2 Å². The first-order valence-electron chi connectivity index (χ1n) is 7.97. The quantitative estimate of drug-likeness (QED) is 0.445. The van der Waals surface area contributed by atoms with E-state index < -0.39 is 0 Å². The lowest BCUT2D eigenvalue weighted by Gasteiger charge is -2.29. The minimum absolute atomic E-state index is 0.500. The highest BCUT2D eigenvalue weighted by Gasteiger charge is 2.21. The molecule has 0 aliphatic carbocycles. The van der Waals surface area contributed by atoms with Crippen LogP contribution in [-0.2, 0) is 0 Å². The summed E-state index contributed by atoms with van der Waals surface area (Å²) in [4.78, 5) is 0. The van der Waals surface area contributed by atoms with Crippen LogP contribution in [0.5, 0.6) is 0 Å². The van der Waals surface area contributed by atoms with Crippen LogP contribution in [0.1, 0.15) is 100 Å². The molecular weight excluding hydrogens is 216 g/mol. The molecule has 0 nitrogen and oxygen atoms in total. The summed E-state index contributed by atoms with van der Waals surface area (Å²) in [6.45, 7) is 19.1. The minimum atomic E-state index is 0.500. The molecule has 0 aromatic heterocycles. The van der Waals surface area contributed by atoms with E-state index >= 15 is 0 Å². The second-order valence-electron chi connectivity index (χ2n) is 8.95.